The molecule has 0 saturated carbocycles. The Balaban J connectivity index is 1.86. The zero-order valence-corrected chi connectivity index (χ0v) is 18.1. The maximum absolute atomic E-state index is 9.71. The van der Waals surface area contributed by atoms with Crippen LogP contribution in [-0.2, 0) is 17.7 Å². The summed E-state index contributed by atoms with van der Waals surface area (Å²) in [5.74, 6) is 0.709. The van der Waals surface area contributed by atoms with Crippen LogP contribution in [0, 0.1) is 18.3 Å². The fraction of sp³-hybridized carbons (Fsp3) is 0.318. The van der Waals surface area contributed by atoms with Gasteiger partial charge in [-0.25, -0.2) is 0 Å². The van der Waals surface area contributed by atoms with Crippen LogP contribution in [0.15, 0.2) is 53.7 Å². The number of aryl methyl sites for hydroxylation is 1. The molecule has 2 aromatic carbocycles. The Kier molecular flexibility index (Phi) is 7.70. The van der Waals surface area contributed by atoms with Crippen molar-refractivity contribution < 1.29 is 4.74 Å². The van der Waals surface area contributed by atoms with E-state index in [0.29, 0.717) is 30.4 Å². The molecular formula is C22H23ClN4OS. The van der Waals surface area contributed by atoms with E-state index >= 15 is 0 Å². The van der Waals surface area contributed by atoms with Crippen molar-refractivity contribution in [1.82, 2.24) is 14.8 Å². The highest BCUT2D eigenvalue weighted by molar-refractivity contribution is 8.00. The highest BCUT2D eigenvalue weighted by atomic mass is 35.5. The van der Waals surface area contributed by atoms with Crippen LogP contribution in [0.2, 0.25) is 5.02 Å². The number of halogens is 1. The third-order valence-electron chi connectivity index (χ3n) is 4.50. The monoisotopic (exact) mass is 426 g/mol. The van der Waals surface area contributed by atoms with Gasteiger partial charge in [-0.05, 0) is 37.5 Å². The molecule has 0 aliphatic heterocycles. The maximum atomic E-state index is 9.71. The highest BCUT2D eigenvalue weighted by Crippen LogP contribution is 2.31. The molecule has 0 radical (unpaired) electrons. The van der Waals surface area contributed by atoms with Gasteiger partial charge in [-0.1, -0.05) is 65.3 Å². The maximum Gasteiger partial charge on any atom is 0.192 e. The van der Waals surface area contributed by atoms with Crippen LogP contribution in [0.1, 0.15) is 17.5 Å². The molecule has 1 unspecified atom stereocenters. The lowest BCUT2D eigenvalue weighted by molar-refractivity contribution is 0.189. The molecule has 7 heteroatoms. The number of nitriles is 1. The first-order chi connectivity index (χ1) is 14.1. The minimum absolute atomic E-state index is 0.262. The van der Waals surface area contributed by atoms with Gasteiger partial charge >= 0.3 is 0 Å². The summed E-state index contributed by atoms with van der Waals surface area (Å²) in [6, 6.07) is 18.3. The number of aromatic nitrogens is 3. The van der Waals surface area contributed by atoms with Crippen molar-refractivity contribution in [2.75, 3.05) is 13.7 Å². The van der Waals surface area contributed by atoms with Gasteiger partial charge in [0.1, 0.15) is 5.25 Å². The van der Waals surface area contributed by atoms with Crippen molar-refractivity contribution in [2.24, 2.45) is 0 Å². The Bertz CT molecular complexity index is 981. The van der Waals surface area contributed by atoms with Gasteiger partial charge < -0.3 is 9.30 Å². The van der Waals surface area contributed by atoms with Gasteiger partial charge in [-0.3, -0.25) is 0 Å². The predicted molar refractivity (Wildman–Crippen MR) is 117 cm³/mol. The second-order valence-corrected chi connectivity index (χ2v) is 8.29. The van der Waals surface area contributed by atoms with Gasteiger partial charge in [-0.2, -0.15) is 5.26 Å². The number of methoxy groups -OCH3 is 1. The second-order valence-electron chi connectivity index (χ2n) is 6.71. The molecule has 3 rings (SSSR count). The number of thioether (sulfide) groups is 1. The third-order valence-corrected chi connectivity index (χ3v) is 5.89. The zero-order valence-electron chi connectivity index (χ0n) is 16.5. The lowest BCUT2D eigenvalue weighted by Crippen LogP contribution is -2.09. The van der Waals surface area contributed by atoms with Crippen LogP contribution in [0.4, 0.5) is 0 Å². The summed E-state index contributed by atoms with van der Waals surface area (Å²) in [4.78, 5) is 0. The van der Waals surface area contributed by atoms with Crippen LogP contribution < -0.4 is 0 Å². The minimum atomic E-state index is -0.262. The Labute approximate surface area is 180 Å². The molecule has 0 amide bonds. The molecule has 5 nitrogen and oxygen atoms in total. The summed E-state index contributed by atoms with van der Waals surface area (Å²) in [6.07, 6.45) is 1.46. The normalized spacial score (nSPS) is 11.9. The highest BCUT2D eigenvalue weighted by Gasteiger charge is 2.20. The lowest BCUT2D eigenvalue weighted by atomic mass is 10.1. The van der Waals surface area contributed by atoms with Crippen LogP contribution >= 0.6 is 23.4 Å². The van der Waals surface area contributed by atoms with E-state index in [9.17, 15) is 5.26 Å². The zero-order chi connectivity index (χ0) is 20.6. The number of rotatable bonds is 9. The Morgan fingerprint density at radius 1 is 1.17 bits per heavy atom. The van der Waals surface area contributed by atoms with E-state index < -0.39 is 0 Å². The standard InChI is InChI=1S/C22H23ClN4OS/c1-16-8-10-17(11-9-16)14-18(15-24)29-22-26-25-21(27(22)12-5-13-28-2)19-6-3-4-7-20(19)23/h3-4,6-11,18H,5,12-14H2,1-2H3. The van der Waals surface area contributed by atoms with Crippen molar-refractivity contribution in [3.63, 3.8) is 0 Å². The SMILES string of the molecule is COCCCn1c(SC(C#N)Cc2ccc(C)cc2)nnc1-c1ccccc1Cl. The minimum Gasteiger partial charge on any atom is -0.385 e. The average molecular weight is 427 g/mol. The van der Waals surface area contributed by atoms with E-state index in [1.54, 1.807) is 7.11 Å². The Morgan fingerprint density at radius 2 is 1.93 bits per heavy atom. The average Bonchev–Trinajstić information content (AvgIpc) is 3.12. The molecule has 0 bridgehead atoms. The number of hydrogen-bond donors (Lipinski definition) is 0. The van der Waals surface area contributed by atoms with Gasteiger partial charge in [0.25, 0.3) is 0 Å². The molecule has 3 aromatic rings. The number of hydrogen-bond acceptors (Lipinski definition) is 5. The largest absolute Gasteiger partial charge is 0.385 e. The molecule has 1 atom stereocenters. The van der Waals surface area contributed by atoms with Crippen LogP contribution in [-0.4, -0.2) is 33.7 Å². The van der Waals surface area contributed by atoms with E-state index in [1.807, 2.05) is 28.8 Å². The quantitative estimate of drug-likeness (QED) is 0.349. The molecule has 150 valence electrons. The van der Waals surface area contributed by atoms with Crippen LogP contribution in [0.25, 0.3) is 11.4 Å². The Hall–Kier alpha value is -2.33. The topological polar surface area (TPSA) is 63.7 Å². The summed E-state index contributed by atoms with van der Waals surface area (Å²) in [5, 5.41) is 19.6. The number of benzene rings is 2. The molecular weight excluding hydrogens is 404 g/mol. The fourth-order valence-electron chi connectivity index (χ4n) is 2.97. The number of nitrogens with zero attached hydrogens (tertiary/aromatic N) is 4. The first-order valence-corrected chi connectivity index (χ1v) is 10.7. The van der Waals surface area contributed by atoms with E-state index in [4.69, 9.17) is 16.3 Å². The third kappa shape index (κ3) is 5.60. The van der Waals surface area contributed by atoms with Crippen molar-refractivity contribution in [1.29, 1.82) is 5.26 Å². The van der Waals surface area contributed by atoms with E-state index in [2.05, 4.69) is 47.5 Å². The van der Waals surface area contributed by atoms with Crippen LogP contribution in [0.3, 0.4) is 0 Å². The molecule has 0 spiro atoms. The first kappa shape index (κ1) is 21.4. The van der Waals surface area contributed by atoms with Crippen molar-refractivity contribution >= 4 is 23.4 Å². The van der Waals surface area contributed by atoms with Gasteiger partial charge in [0.15, 0.2) is 11.0 Å². The molecule has 29 heavy (non-hydrogen) atoms. The van der Waals surface area contributed by atoms with Gasteiger partial charge in [0, 0.05) is 25.8 Å². The second kappa shape index (κ2) is 10.4. The van der Waals surface area contributed by atoms with Crippen molar-refractivity contribution in [3.8, 4) is 17.5 Å². The predicted octanol–water partition coefficient (Wildman–Crippen LogP) is 5.17. The molecule has 0 saturated heterocycles. The van der Waals surface area contributed by atoms with Gasteiger partial charge in [0.2, 0.25) is 0 Å². The van der Waals surface area contributed by atoms with Crippen molar-refractivity contribution in [3.05, 3.63) is 64.7 Å². The van der Waals surface area contributed by atoms with Crippen LogP contribution in [0.5, 0.6) is 0 Å². The molecule has 1 aromatic heterocycles. The summed E-state index contributed by atoms with van der Waals surface area (Å²) >= 11 is 7.83. The summed E-state index contributed by atoms with van der Waals surface area (Å²) in [5.41, 5.74) is 3.17. The molecule has 0 aliphatic rings. The smallest absolute Gasteiger partial charge is 0.192 e. The summed E-state index contributed by atoms with van der Waals surface area (Å²) in [6.45, 7) is 3.38. The van der Waals surface area contributed by atoms with E-state index in [0.717, 1.165) is 22.7 Å². The molecule has 0 fully saturated rings. The lowest BCUT2D eigenvalue weighted by Gasteiger charge is -2.13. The van der Waals surface area contributed by atoms with Gasteiger partial charge in [0.05, 0.1) is 11.1 Å². The fourth-order valence-corrected chi connectivity index (χ4v) is 4.16. The molecule has 1 heterocycles. The van der Waals surface area contributed by atoms with Crippen molar-refractivity contribution in [2.45, 2.75) is 36.7 Å². The molecule has 0 N–H and O–H groups in total. The first-order valence-electron chi connectivity index (χ1n) is 9.41. The number of ether oxygens (including phenoxy) is 1. The Morgan fingerprint density at radius 3 is 2.62 bits per heavy atom. The van der Waals surface area contributed by atoms with E-state index in [1.165, 1.54) is 17.3 Å². The summed E-state index contributed by atoms with van der Waals surface area (Å²) < 4.78 is 7.23. The molecule has 0 aliphatic carbocycles. The van der Waals surface area contributed by atoms with E-state index in [-0.39, 0.29) is 5.25 Å². The summed E-state index contributed by atoms with van der Waals surface area (Å²) in [7, 11) is 1.68. The van der Waals surface area contributed by atoms with Gasteiger partial charge in [-0.15, -0.1) is 10.2 Å².